The molecule has 0 aliphatic carbocycles. The first-order valence-corrected chi connectivity index (χ1v) is 9.14. The van der Waals surface area contributed by atoms with Crippen LogP contribution >= 0.6 is 0 Å². The Hall–Kier alpha value is -2.17. The Morgan fingerprint density at radius 3 is 2.56 bits per heavy atom. The van der Waals surface area contributed by atoms with Crippen molar-refractivity contribution in [3.05, 3.63) is 48.0 Å². The minimum atomic E-state index is 0.959. The number of hydrogen-bond acceptors (Lipinski definition) is 4. The van der Waals surface area contributed by atoms with Crippen LogP contribution in [0.3, 0.4) is 0 Å². The molecule has 1 N–H and O–H groups in total. The number of pyridine rings is 1. The quantitative estimate of drug-likeness (QED) is 0.742. The highest BCUT2D eigenvalue weighted by molar-refractivity contribution is 6.07. The summed E-state index contributed by atoms with van der Waals surface area (Å²) < 4.78 is 0. The second-order valence-corrected chi connectivity index (χ2v) is 7.10. The molecular weight excluding hydrogens is 308 g/mol. The molecule has 1 fully saturated rings. The Kier molecular flexibility index (Phi) is 4.55. The standard InChI is InChI=1S/C21H26N4/c1-16-7-8-18-20(15-16)23-19-6-4-3-5-17(19)21(18)22-9-10-25-13-11-24(2)12-14-25/h3-8,15H,9-14H2,1-2H3,(H,22,23). The van der Waals surface area contributed by atoms with Crippen molar-refractivity contribution in [2.75, 3.05) is 51.6 Å². The van der Waals surface area contributed by atoms with E-state index in [2.05, 4.69) is 71.6 Å². The number of benzene rings is 2. The minimum absolute atomic E-state index is 0.959. The lowest BCUT2D eigenvalue weighted by Gasteiger charge is -2.32. The maximum atomic E-state index is 4.85. The highest BCUT2D eigenvalue weighted by Gasteiger charge is 2.14. The van der Waals surface area contributed by atoms with E-state index in [4.69, 9.17) is 4.98 Å². The summed E-state index contributed by atoms with van der Waals surface area (Å²) in [6.07, 6.45) is 0. The van der Waals surface area contributed by atoms with Gasteiger partial charge in [-0.25, -0.2) is 4.98 Å². The highest BCUT2D eigenvalue weighted by Crippen LogP contribution is 2.31. The van der Waals surface area contributed by atoms with Crippen LogP contribution in [0.15, 0.2) is 42.5 Å². The van der Waals surface area contributed by atoms with E-state index in [0.29, 0.717) is 0 Å². The average Bonchev–Trinajstić information content (AvgIpc) is 2.62. The van der Waals surface area contributed by atoms with Crippen LogP contribution in [0.25, 0.3) is 21.8 Å². The Bertz CT molecular complexity index is 882. The number of aromatic nitrogens is 1. The van der Waals surface area contributed by atoms with Gasteiger partial charge in [-0.1, -0.05) is 30.3 Å². The third-order valence-electron chi connectivity index (χ3n) is 5.16. The molecule has 4 heteroatoms. The molecule has 2 heterocycles. The van der Waals surface area contributed by atoms with E-state index in [-0.39, 0.29) is 0 Å². The largest absolute Gasteiger partial charge is 0.383 e. The van der Waals surface area contributed by atoms with Crippen molar-refractivity contribution in [1.82, 2.24) is 14.8 Å². The lowest BCUT2D eigenvalue weighted by Crippen LogP contribution is -2.45. The number of nitrogens with one attached hydrogen (secondary N) is 1. The molecule has 1 aromatic heterocycles. The number of aryl methyl sites for hydroxylation is 1. The Balaban J connectivity index is 1.60. The fraction of sp³-hybridized carbons (Fsp3) is 0.381. The van der Waals surface area contributed by atoms with Crippen LogP contribution in [0.5, 0.6) is 0 Å². The van der Waals surface area contributed by atoms with E-state index in [9.17, 15) is 0 Å². The molecule has 25 heavy (non-hydrogen) atoms. The maximum Gasteiger partial charge on any atom is 0.0733 e. The van der Waals surface area contributed by atoms with Crippen LogP contribution < -0.4 is 5.32 Å². The number of anilines is 1. The van der Waals surface area contributed by atoms with Gasteiger partial charge < -0.3 is 10.2 Å². The van der Waals surface area contributed by atoms with Crippen LogP contribution in [-0.2, 0) is 0 Å². The smallest absolute Gasteiger partial charge is 0.0733 e. The second-order valence-electron chi connectivity index (χ2n) is 7.10. The zero-order valence-electron chi connectivity index (χ0n) is 15.1. The predicted octanol–water partition coefficient (Wildman–Crippen LogP) is 3.36. The Labute approximate surface area is 149 Å². The number of likely N-dealkylation sites (N-methyl/N-ethyl adjacent to an activating group) is 1. The SMILES string of the molecule is Cc1ccc2c(NCCN3CCN(C)CC3)c3ccccc3nc2c1. The summed E-state index contributed by atoms with van der Waals surface area (Å²) >= 11 is 0. The molecule has 0 radical (unpaired) electrons. The van der Waals surface area contributed by atoms with E-state index in [1.807, 2.05) is 0 Å². The van der Waals surface area contributed by atoms with Crippen molar-refractivity contribution < 1.29 is 0 Å². The molecule has 1 aliphatic heterocycles. The zero-order valence-corrected chi connectivity index (χ0v) is 15.1. The van der Waals surface area contributed by atoms with Gasteiger partial charge in [0.2, 0.25) is 0 Å². The summed E-state index contributed by atoms with van der Waals surface area (Å²) in [4.78, 5) is 9.79. The molecule has 0 amide bonds. The number of para-hydroxylation sites is 1. The van der Waals surface area contributed by atoms with Gasteiger partial charge in [0.1, 0.15) is 0 Å². The molecule has 0 saturated carbocycles. The molecule has 130 valence electrons. The molecule has 4 rings (SSSR count). The van der Waals surface area contributed by atoms with Crippen molar-refractivity contribution in [3.8, 4) is 0 Å². The average molecular weight is 334 g/mol. The minimum Gasteiger partial charge on any atom is -0.383 e. The monoisotopic (exact) mass is 334 g/mol. The van der Waals surface area contributed by atoms with Crippen molar-refractivity contribution in [1.29, 1.82) is 0 Å². The fourth-order valence-corrected chi connectivity index (χ4v) is 3.60. The first kappa shape index (κ1) is 16.3. The van der Waals surface area contributed by atoms with Gasteiger partial charge in [0.15, 0.2) is 0 Å². The fourth-order valence-electron chi connectivity index (χ4n) is 3.60. The Morgan fingerprint density at radius 1 is 0.960 bits per heavy atom. The molecule has 1 saturated heterocycles. The summed E-state index contributed by atoms with van der Waals surface area (Å²) in [5.74, 6) is 0. The van der Waals surface area contributed by atoms with E-state index in [1.165, 1.54) is 35.1 Å². The van der Waals surface area contributed by atoms with Crippen LogP contribution in [0.4, 0.5) is 5.69 Å². The van der Waals surface area contributed by atoms with Crippen LogP contribution in [0, 0.1) is 6.92 Å². The number of rotatable bonds is 4. The van der Waals surface area contributed by atoms with E-state index < -0.39 is 0 Å². The topological polar surface area (TPSA) is 31.4 Å². The molecular formula is C21H26N4. The first-order valence-electron chi connectivity index (χ1n) is 9.14. The molecule has 0 atom stereocenters. The normalized spacial score (nSPS) is 16.6. The van der Waals surface area contributed by atoms with Gasteiger partial charge in [0, 0.05) is 50.0 Å². The summed E-state index contributed by atoms with van der Waals surface area (Å²) in [6, 6.07) is 15.0. The van der Waals surface area contributed by atoms with Crippen molar-refractivity contribution in [2.45, 2.75) is 6.92 Å². The zero-order chi connectivity index (χ0) is 17.2. The number of hydrogen-bond donors (Lipinski definition) is 1. The van der Waals surface area contributed by atoms with Gasteiger partial charge in [-0.15, -0.1) is 0 Å². The lowest BCUT2D eigenvalue weighted by molar-refractivity contribution is 0.158. The number of fused-ring (bicyclic) bond motifs is 2. The van der Waals surface area contributed by atoms with Gasteiger partial charge in [-0.2, -0.15) is 0 Å². The van der Waals surface area contributed by atoms with Crippen LogP contribution in [0.1, 0.15) is 5.56 Å². The third-order valence-corrected chi connectivity index (χ3v) is 5.16. The summed E-state index contributed by atoms with van der Waals surface area (Å²) in [6.45, 7) is 8.82. The molecule has 0 unspecified atom stereocenters. The van der Waals surface area contributed by atoms with Gasteiger partial charge in [-0.05, 0) is 31.7 Å². The number of piperazine rings is 1. The second kappa shape index (κ2) is 6.98. The van der Waals surface area contributed by atoms with Gasteiger partial charge in [0.05, 0.1) is 16.7 Å². The molecule has 1 aliphatic rings. The summed E-state index contributed by atoms with van der Waals surface area (Å²) in [5.41, 5.74) is 4.59. The lowest BCUT2D eigenvalue weighted by atomic mass is 10.1. The maximum absolute atomic E-state index is 4.85. The van der Waals surface area contributed by atoms with E-state index in [1.54, 1.807) is 0 Å². The molecule has 2 aromatic carbocycles. The van der Waals surface area contributed by atoms with Gasteiger partial charge in [-0.3, -0.25) is 4.90 Å². The third kappa shape index (κ3) is 3.46. The Morgan fingerprint density at radius 2 is 1.72 bits per heavy atom. The van der Waals surface area contributed by atoms with Gasteiger partial charge >= 0.3 is 0 Å². The van der Waals surface area contributed by atoms with Crippen molar-refractivity contribution >= 4 is 27.5 Å². The predicted molar refractivity (Wildman–Crippen MR) is 106 cm³/mol. The van der Waals surface area contributed by atoms with Crippen molar-refractivity contribution in [3.63, 3.8) is 0 Å². The van der Waals surface area contributed by atoms with Crippen LogP contribution in [0.2, 0.25) is 0 Å². The first-order chi connectivity index (χ1) is 12.2. The molecule has 0 bridgehead atoms. The molecule has 3 aromatic rings. The number of nitrogens with zero attached hydrogens (tertiary/aromatic N) is 3. The highest BCUT2D eigenvalue weighted by atomic mass is 15.2. The van der Waals surface area contributed by atoms with E-state index in [0.717, 1.165) is 37.2 Å². The van der Waals surface area contributed by atoms with Gasteiger partial charge in [0.25, 0.3) is 0 Å². The van der Waals surface area contributed by atoms with Crippen molar-refractivity contribution in [2.24, 2.45) is 0 Å². The summed E-state index contributed by atoms with van der Waals surface area (Å²) in [5, 5.41) is 6.13. The summed E-state index contributed by atoms with van der Waals surface area (Å²) in [7, 11) is 2.20. The molecule has 0 spiro atoms. The van der Waals surface area contributed by atoms with Crippen LogP contribution in [-0.4, -0.2) is 61.1 Å². The van der Waals surface area contributed by atoms with E-state index >= 15 is 0 Å². The molecule has 4 nitrogen and oxygen atoms in total.